The zero-order valence-electron chi connectivity index (χ0n) is 21.3. The second-order valence-corrected chi connectivity index (χ2v) is 8.71. The van der Waals surface area contributed by atoms with Gasteiger partial charge in [0.1, 0.15) is 12.6 Å². The quantitative estimate of drug-likeness (QED) is 0.546. The van der Waals surface area contributed by atoms with Crippen LogP contribution in [0.15, 0.2) is 59.8 Å². The topological polar surface area (TPSA) is 113 Å². The highest BCUT2D eigenvalue weighted by molar-refractivity contribution is 6.10. The fourth-order valence-electron chi connectivity index (χ4n) is 4.02. The minimum atomic E-state index is -4.65. The number of nitriles is 1. The summed E-state index contributed by atoms with van der Waals surface area (Å²) in [6, 6.07) is 10.5. The monoisotopic (exact) mass is 528 g/mol. The number of alkyl halides is 3. The van der Waals surface area contributed by atoms with Gasteiger partial charge in [-0.3, -0.25) is 15.2 Å². The summed E-state index contributed by atoms with van der Waals surface area (Å²) in [5.74, 6) is -1.27. The zero-order valence-corrected chi connectivity index (χ0v) is 21.3. The molecule has 0 bridgehead atoms. The number of ether oxygens (including phenoxy) is 1. The van der Waals surface area contributed by atoms with E-state index in [1.54, 1.807) is 31.1 Å². The lowest BCUT2D eigenvalue weighted by Gasteiger charge is -2.43. The van der Waals surface area contributed by atoms with Crippen LogP contribution in [-0.4, -0.2) is 62.1 Å². The van der Waals surface area contributed by atoms with Crippen molar-refractivity contribution in [2.75, 3.05) is 39.2 Å². The Morgan fingerprint density at radius 3 is 2.39 bits per heavy atom. The van der Waals surface area contributed by atoms with Crippen LogP contribution >= 0.6 is 0 Å². The number of guanidine groups is 1. The number of nitrogens with zero attached hydrogens (tertiary/aromatic N) is 4. The summed E-state index contributed by atoms with van der Waals surface area (Å²) in [5.41, 5.74) is -0.184. The molecule has 0 saturated heterocycles. The molecule has 1 heterocycles. The van der Waals surface area contributed by atoms with Gasteiger partial charge in [-0.15, -0.1) is 0 Å². The van der Waals surface area contributed by atoms with Crippen LogP contribution in [0.3, 0.4) is 0 Å². The molecule has 1 atom stereocenters. The van der Waals surface area contributed by atoms with Gasteiger partial charge in [0.15, 0.2) is 0 Å². The molecule has 2 aromatic rings. The highest BCUT2D eigenvalue weighted by Gasteiger charge is 2.44. The van der Waals surface area contributed by atoms with Gasteiger partial charge in [0.05, 0.1) is 22.8 Å². The van der Waals surface area contributed by atoms with Gasteiger partial charge in [-0.2, -0.15) is 18.4 Å². The van der Waals surface area contributed by atoms with Gasteiger partial charge in [-0.05, 0) is 56.9 Å². The van der Waals surface area contributed by atoms with Crippen LogP contribution in [0.2, 0.25) is 0 Å². The van der Waals surface area contributed by atoms with E-state index in [1.807, 2.05) is 6.07 Å². The lowest BCUT2D eigenvalue weighted by molar-refractivity contribution is -0.140. The number of carbonyl (C=O) groups is 2. The van der Waals surface area contributed by atoms with Gasteiger partial charge in [0, 0.05) is 25.0 Å². The Bertz CT molecular complexity index is 1300. The first kappa shape index (κ1) is 28.2. The molecular formula is C26H27F3N6O3. The number of esters is 1. The van der Waals surface area contributed by atoms with Crippen LogP contribution in [0.4, 0.5) is 23.7 Å². The molecule has 1 aliphatic heterocycles. The summed E-state index contributed by atoms with van der Waals surface area (Å²) in [7, 11) is 4.92. The van der Waals surface area contributed by atoms with Crippen molar-refractivity contribution >= 4 is 23.6 Å². The third-order valence-electron chi connectivity index (χ3n) is 5.91. The summed E-state index contributed by atoms with van der Waals surface area (Å²) in [6.45, 7) is 1.91. The van der Waals surface area contributed by atoms with Crippen molar-refractivity contribution in [3.63, 3.8) is 0 Å². The molecule has 9 nitrogen and oxygen atoms in total. The number of benzene rings is 2. The number of rotatable bonds is 6. The Morgan fingerprint density at radius 2 is 1.84 bits per heavy atom. The molecule has 38 heavy (non-hydrogen) atoms. The summed E-state index contributed by atoms with van der Waals surface area (Å²) < 4.78 is 45.9. The smallest absolute Gasteiger partial charge is 0.416 e. The first-order valence-corrected chi connectivity index (χ1v) is 11.5. The second-order valence-electron chi connectivity index (χ2n) is 8.71. The largest absolute Gasteiger partial charge is 0.461 e. The number of likely N-dealkylation sites (N-methyl/N-ethyl adjacent to an activating group) is 1. The summed E-state index contributed by atoms with van der Waals surface area (Å²) >= 11 is 0. The van der Waals surface area contributed by atoms with Crippen molar-refractivity contribution in [2.45, 2.75) is 19.1 Å². The average molecular weight is 529 g/mol. The van der Waals surface area contributed by atoms with E-state index in [9.17, 15) is 28.0 Å². The van der Waals surface area contributed by atoms with E-state index < -0.39 is 35.7 Å². The molecule has 1 unspecified atom stereocenters. The molecule has 2 amide bonds. The molecule has 0 saturated carbocycles. The van der Waals surface area contributed by atoms with Crippen molar-refractivity contribution in [3.05, 3.63) is 76.5 Å². The Balaban J connectivity index is 2.26. The van der Waals surface area contributed by atoms with Gasteiger partial charge in [0.2, 0.25) is 5.96 Å². The number of amides is 2. The maximum Gasteiger partial charge on any atom is 0.416 e. The van der Waals surface area contributed by atoms with Crippen LogP contribution in [0.5, 0.6) is 0 Å². The van der Waals surface area contributed by atoms with Gasteiger partial charge in [-0.25, -0.2) is 9.59 Å². The predicted molar refractivity (Wildman–Crippen MR) is 134 cm³/mol. The summed E-state index contributed by atoms with van der Waals surface area (Å²) in [4.78, 5) is 30.4. The van der Waals surface area contributed by atoms with Crippen LogP contribution in [0.25, 0.3) is 0 Å². The van der Waals surface area contributed by atoms with Crippen LogP contribution < -0.4 is 10.2 Å². The van der Waals surface area contributed by atoms with Crippen molar-refractivity contribution in [2.24, 2.45) is 0 Å². The highest BCUT2D eigenvalue weighted by atomic mass is 19.4. The predicted octanol–water partition coefficient (Wildman–Crippen LogP) is 4.09. The Morgan fingerprint density at radius 1 is 1.18 bits per heavy atom. The molecule has 0 aliphatic carbocycles. The van der Waals surface area contributed by atoms with E-state index in [1.165, 1.54) is 38.2 Å². The van der Waals surface area contributed by atoms with E-state index in [-0.39, 0.29) is 23.6 Å². The first-order valence-electron chi connectivity index (χ1n) is 11.5. The SMILES string of the molecule is CNC(=O)N1C(=N)N(c2cccc(C(F)(F)F)c2)C(C)=C(C(=O)OCCN(C)C)C1c1ccc(C#N)cc1. The molecule has 0 aromatic heterocycles. The van der Waals surface area contributed by atoms with Gasteiger partial charge >= 0.3 is 18.2 Å². The molecule has 12 heteroatoms. The van der Waals surface area contributed by atoms with Gasteiger partial charge in [0.25, 0.3) is 0 Å². The molecule has 2 N–H and O–H groups in total. The van der Waals surface area contributed by atoms with Gasteiger partial charge in [-0.1, -0.05) is 18.2 Å². The number of urea groups is 1. The number of halogens is 3. The van der Waals surface area contributed by atoms with E-state index in [0.29, 0.717) is 17.7 Å². The third kappa shape index (κ3) is 5.78. The molecule has 3 rings (SSSR count). The number of nitrogens with one attached hydrogen (secondary N) is 2. The Kier molecular flexibility index (Phi) is 8.42. The van der Waals surface area contributed by atoms with E-state index in [2.05, 4.69) is 5.32 Å². The zero-order chi connectivity index (χ0) is 28.2. The van der Waals surface area contributed by atoms with Crippen molar-refractivity contribution < 1.29 is 27.5 Å². The van der Waals surface area contributed by atoms with Crippen molar-refractivity contribution in [1.82, 2.24) is 15.1 Å². The minimum absolute atomic E-state index is 0.0175. The van der Waals surface area contributed by atoms with Crippen molar-refractivity contribution in [1.29, 1.82) is 10.7 Å². The summed E-state index contributed by atoms with van der Waals surface area (Å²) in [6.07, 6.45) is -4.65. The van der Waals surface area contributed by atoms with Crippen LogP contribution in [0, 0.1) is 16.7 Å². The Labute approximate surface area is 218 Å². The highest BCUT2D eigenvalue weighted by Crippen LogP contribution is 2.41. The van der Waals surface area contributed by atoms with Gasteiger partial charge < -0.3 is 15.0 Å². The minimum Gasteiger partial charge on any atom is -0.461 e. The summed E-state index contributed by atoms with van der Waals surface area (Å²) in [5, 5.41) is 20.5. The maximum absolute atomic E-state index is 13.5. The number of allylic oxidation sites excluding steroid dienone is 1. The number of hydrogen-bond donors (Lipinski definition) is 2. The molecule has 0 fully saturated rings. The number of hydrogen-bond acceptors (Lipinski definition) is 6. The Hall–Kier alpha value is -4.37. The van der Waals surface area contributed by atoms with Crippen LogP contribution in [0.1, 0.15) is 29.7 Å². The molecule has 1 aliphatic rings. The normalized spacial score (nSPS) is 16.0. The maximum atomic E-state index is 13.5. The fourth-order valence-corrected chi connectivity index (χ4v) is 4.02. The molecule has 2 aromatic carbocycles. The van der Waals surface area contributed by atoms with Crippen LogP contribution in [-0.2, 0) is 15.7 Å². The lowest BCUT2D eigenvalue weighted by Crippen LogP contribution is -2.56. The third-order valence-corrected chi connectivity index (χ3v) is 5.91. The van der Waals surface area contributed by atoms with Crippen molar-refractivity contribution in [3.8, 4) is 6.07 Å². The number of carbonyl (C=O) groups excluding carboxylic acids is 2. The number of anilines is 1. The average Bonchev–Trinajstić information content (AvgIpc) is 2.87. The molecule has 200 valence electrons. The fraction of sp³-hybridized carbons (Fsp3) is 0.308. The molecular weight excluding hydrogens is 501 g/mol. The van der Waals surface area contributed by atoms with E-state index in [0.717, 1.165) is 21.9 Å². The molecule has 0 spiro atoms. The van der Waals surface area contributed by atoms with E-state index >= 15 is 0 Å². The standard InChI is InChI=1S/C26H27F3N6O3/c1-16-21(23(36)38-13-12-33(3)4)22(18-10-8-17(15-30)9-11-18)35(25(37)32-2)24(31)34(16)20-7-5-6-19(14-20)26(27,28)29/h5-11,14,22,31H,12-13H2,1-4H3,(H,32,37). The second kappa shape index (κ2) is 11.4. The lowest BCUT2D eigenvalue weighted by atomic mass is 9.92. The first-order chi connectivity index (χ1) is 17.9. The molecule has 0 radical (unpaired) electrons. The van der Waals surface area contributed by atoms with E-state index in [4.69, 9.17) is 10.1 Å².